The van der Waals surface area contributed by atoms with Gasteiger partial charge >= 0.3 is 0 Å². The first-order valence-corrected chi connectivity index (χ1v) is 6.77. The van der Waals surface area contributed by atoms with Crippen molar-refractivity contribution in [1.82, 2.24) is 10.2 Å². The van der Waals surface area contributed by atoms with Crippen LogP contribution in [0.15, 0.2) is 24.3 Å². The Kier molecular flexibility index (Phi) is 2.93. The van der Waals surface area contributed by atoms with E-state index in [1.165, 1.54) is 7.85 Å². The number of amides is 4. The zero-order chi connectivity index (χ0) is 15.2. The van der Waals surface area contributed by atoms with Crippen LogP contribution in [-0.2, 0) is 9.59 Å². The molecule has 21 heavy (non-hydrogen) atoms. The molecule has 0 spiro atoms. The number of imide groups is 2. The number of nitrogens with one attached hydrogen (secondary N) is 1. The van der Waals surface area contributed by atoms with Gasteiger partial charge in [-0.3, -0.25) is 29.4 Å². The largest absolute Gasteiger partial charge is 0.295 e. The molecule has 3 rings (SSSR count). The van der Waals surface area contributed by atoms with E-state index in [9.17, 15) is 19.2 Å². The van der Waals surface area contributed by atoms with E-state index >= 15 is 0 Å². The molecular formula is C14H13BN2O4. The number of hydrogen-bond acceptors (Lipinski definition) is 4. The highest BCUT2D eigenvalue weighted by molar-refractivity contribution is 6.36. The third-order valence-corrected chi connectivity index (χ3v) is 4.10. The van der Waals surface area contributed by atoms with Gasteiger partial charge in [-0.2, -0.15) is 0 Å². The number of benzene rings is 1. The zero-order valence-electron chi connectivity index (χ0n) is 11.5. The van der Waals surface area contributed by atoms with Crippen LogP contribution in [0.25, 0.3) is 0 Å². The number of carbonyl (C=O) groups excluding carboxylic acids is 4. The Labute approximate surface area is 121 Å². The topological polar surface area (TPSA) is 83.6 Å². The second-order valence-corrected chi connectivity index (χ2v) is 5.50. The van der Waals surface area contributed by atoms with Crippen LogP contribution in [0.4, 0.5) is 0 Å². The molecule has 1 atom stereocenters. The van der Waals surface area contributed by atoms with E-state index in [0.29, 0.717) is 17.5 Å². The second kappa shape index (κ2) is 4.54. The summed E-state index contributed by atoms with van der Waals surface area (Å²) in [5, 5.41) is 2.25. The maximum atomic E-state index is 12.5. The van der Waals surface area contributed by atoms with Crippen LogP contribution in [0.3, 0.4) is 0 Å². The maximum Gasteiger partial charge on any atom is 0.261 e. The van der Waals surface area contributed by atoms with Crippen LogP contribution in [0, 0.1) is 0 Å². The molecule has 0 aliphatic carbocycles. The van der Waals surface area contributed by atoms with Crippen molar-refractivity contribution in [2.75, 3.05) is 0 Å². The van der Waals surface area contributed by atoms with Crippen LogP contribution in [0.1, 0.15) is 40.0 Å². The van der Waals surface area contributed by atoms with E-state index in [0.717, 1.165) is 4.90 Å². The predicted molar refractivity (Wildman–Crippen MR) is 75.2 cm³/mol. The molecule has 1 aromatic rings. The molecule has 2 heterocycles. The number of fused-ring (bicyclic) bond motifs is 1. The van der Waals surface area contributed by atoms with Gasteiger partial charge in [0, 0.05) is 6.42 Å². The SMILES string of the molecule is BC1(N2C(=O)c3ccccc3C2=O)CCCC(=O)NC1=O. The highest BCUT2D eigenvalue weighted by Gasteiger charge is 2.51. The van der Waals surface area contributed by atoms with Crippen LogP contribution in [0.2, 0.25) is 0 Å². The quantitative estimate of drug-likeness (QED) is 0.553. The third-order valence-electron chi connectivity index (χ3n) is 4.10. The summed E-state index contributed by atoms with van der Waals surface area (Å²) in [6, 6.07) is 6.48. The van der Waals surface area contributed by atoms with Crippen LogP contribution in [0.5, 0.6) is 0 Å². The van der Waals surface area contributed by atoms with Gasteiger partial charge in [0.25, 0.3) is 11.8 Å². The minimum absolute atomic E-state index is 0.213. The summed E-state index contributed by atoms with van der Waals surface area (Å²) in [5.74, 6) is -1.94. The third kappa shape index (κ3) is 1.88. The molecule has 0 bridgehead atoms. The monoisotopic (exact) mass is 284 g/mol. The summed E-state index contributed by atoms with van der Waals surface area (Å²) >= 11 is 0. The molecule has 2 aliphatic heterocycles. The van der Waals surface area contributed by atoms with Crippen molar-refractivity contribution in [2.45, 2.75) is 24.7 Å². The molecule has 1 unspecified atom stereocenters. The molecule has 0 radical (unpaired) electrons. The maximum absolute atomic E-state index is 12.5. The smallest absolute Gasteiger partial charge is 0.261 e. The molecule has 1 saturated heterocycles. The Hall–Kier alpha value is -2.44. The molecule has 106 valence electrons. The summed E-state index contributed by atoms with van der Waals surface area (Å²) in [5.41, 5.74) is -0.738. The van der Waals surface area contributed by atoms with Crippen molar-refractivity contribution >= 4 is 31.5 Å². The Morgan fingerprint density at radius 1 is 1.05 bits per heavy atom. The van der Waals surface area contributed by atoms with Gasteiger partial charge in [0.1, 0.15) is 7.85 Å². The standard InChI is InChI=1S/C14H13BN2O4/c15-14(7-3-6-10(18)16-13(14)21)17-11(19)8-4-1-2-5-9(8)12(17)20/h1-2,4-5H,3,6-7,15H2,(H,16,18,21). The van der Waals surface area contributed by atoms with Crippen LogP contribution in [-0.4, -0.2) is 41.8 Å². The number of nitrogens with zero attached hydrogens (tertiary/aromatic N) is 1. The van der Waals surface area contributed by atoms with Gasteiger partial charge < -0.3 is 0 Å². The lowest BCUT2D eigenvalue weighted by Gasteiger charge is -2.34. The van der Waals surface area contributed by atoms with Crippen molar-refractivity contribution in [2.24, 2.45) is 0 Å². The van der Waals surface area contributed by atoms with Crippen molar-refractivity contribution in [3.8, 4) is 0 Å². The number of rotatable bonds is 1. The lowest BCUT2D eigenvalue weighted by molar-refractivity contribution is -0.132. The molecular weight excluding hydrogens is 271 g/mol. The summed E-state index contributed by atoms with van der Waals surface area (Å²) in [6.45, 7) is 0. The molecule has 7 heteroatoms. The van der Waals surface area contributed by atoms with Crippen molar-refractivity contribution in [3.63, 3.8) is 0 Å². The first-order chi connectivity index (χ1) is 9.95. The van der Waals surface area contributed by atoms with E-state index < -0.39 is 23.2 Å². The van der Waals surface area contributed by atoms with E-state index in [-0.39, 0.29) is 18.7 Å². The van der Waals surface area contributed by atoms with Gasteiger partial charge in [0.2, 0.25) is 11.8 Å². The molecule has 1 fully saturated rings. The summed E-state index contributed by atoms with van der Waals surface area (Å²) in [6.07, 6.45) is 0.933. The van der Waals surface area contributed by atoms with Gasteiger partial charge in [-0.25, -0.2) is 0 Å². The summed E-state index contributed by atoms with van der Waals surface area (Å²) in [4.78, 5) is 49.7. The Bertz CT molecular complexity index is 652. The highest BCUT2D eigenvalue weighted by atomic mass is 16.2. The van der Waals surface area contributed by atoms with Crippen molar-refractivity contribution in [1.29, 1.82) is 0 Å². The normalized spacial score (nSPS) is 25.6. The number of carbonyl (C=O) groups is 4. The van der Waals surface area contributed by atoms with Gasteiger partial charge in [-0.15, -0.1) is 0 Å². The first kappa shape index (κ1) is 13.5. The average molecular weight is 284 g/mol. The van der Waals surface area contributed by atoms with Crippen LogP contribution >= 0.6 is 0 Å². The lowest BCUT2D eigenvalue weighted by atomic mass is 9.72. The molecule has 1 N–H and O–H groups in total. The van der Waals surface area contributed by atoms with E-state index in [2.05, 4.69) is 5.32 Å². The molecule has 2 aliphatic rings. The van der Waals surface area contributed by atoms with Gasteiger partial charge in [0.05, 0.1) is 16.6 Å². The molecule has 0 saturated carbocycles. The van der Waals surface area contributed by atoms with Crippen molar-refractivity contribution in [3.05, 3.63) is 35.4 Å². The van der Waals surface area contributed by atoms with Gasteiger partial charge in [-0.1, -0.05) is 12.1 Å². The first-order valence-electron chi connectivity index (χ1n) is 6.77. The van der Waals surface area contributed by atoms with Gasteiger partial charge in [-0.05, 0) is 25.0 Å². The Morgan fingerprint density at radius 2 is 1.62 bits per heavy atom. The summed E-state index contributed by atoms with van der Waals surface area (Å²) in [7, 11) is 1.53. The molecule has 6 nitrogen and oxygen atoms in total. The van der Waals surface area contributed by atoms with Crippen LogP contribution < -0.4 is 5.32 Å². The Balaban J connectivity index is 2.05. The number of hydrogen-bond donors (Lipinski definition) is 1. The second-order valence-electron chi connectivity index (χ2n) is 5.50. The summed E-state index contributed by atoms with van der Waals surface area (Å²) < 4.78 is 0. The minimum atomic E-state index is -1.33. The zero-order valence-corrected chi connectivity index (χ0v) is 11.5. The van der Waals surface area contributed by atoms with E-state index in [1.807, 2.05) is 0 Å². The molecule has 0 aromatic heterocycles. The molecule has 4 amide bonds. The fourth-order valence-electron chi connectivity index (χ4n) is 2.88. The minimum Gasteiger partial charge on any atom is -0.295 e. The average Bonchev–Trinajstić information content (AvgIpc) is 2.63. The highest BCUT2D eigenvalue weighted by Crippen LogP contribution is 2.32. The van der Waals surface area contributed by atoms with Crippen molar-refractivity contribution < 1.29 is 19.2 Å². The fraction of sp³-hybridized carbons (Fsp3) is 0.286. The predicted octanol–water partition coefficient (Wildman–Crippen LogP) is -0.561. The Morgan fingerprint density at radius 3 is 2.19 bits per heavy atom. The van der Waals surface area contributed by atoms with E-state index in [1.54, 1.807) is 24.3 Å². The lowest BCUT2D eigenvalue weighted by Crippen LogP contribution is -2.61. The fourth-order valence-corrected chi connectivity index (χ4v) is 2.88. The van der Waals surface area contributed by atoms with Gasteiger partial charge in [0.15, 0.2) is 0 Å². The molecule has 1 aromatic carbocycles. The van der Waals surface area contributed by atoms with E-state index in [4.69, 9.17) is 0 Å².